The normalized spacial score (nSPS) is 22.7. The SMILES string of the molecule is NC(=O)c1ccnc(NC2CCC(C(=O)O)CC2)c1. The number of amides is 1. The first-order valence-electron chi connectivity index (χ1n) is 6.31. The zero-order chi connectivity index (χ0) is 13.8. The number of nitrogens with two attached hydrogens (primary N) is 1. The lowest BCUT2D eigenvalue weighted by atomic mass is 9.86. The molecule has 0 unspecified atom stereocenters. The second-order valence-electron chi connectivity index (χ2n) is 4.83. The molecule has 6 heteroatoms. The van der Waals surface area contributed by atoms with Crippen LogP contribution in [0.2, 0.25) is 0 Å². The summed E-state index contributed by atoms with van der Waals surface area (Å²) in [6.07, 6.45) is 4.45. The smallest absolute Gasteiger partial charge is 0.306 e. The number of aliphatic carboxylic acids is 1. The quantitative estimate of drug-likeness (QED) is 0.757. The Bertz CT molecular complexity index is 482. The van der Waals surface area contributed by atoms with E-state index in [1.165, 1.54) is 6.20 Å². The van der Waals surface area contributed by atoms with Crippen LogP contribution in [-0.4, -0.2) is 28.0 Å². The summed E-state index contributed by atoms with van der Waals surface area (Å²) in [6, 6.07) is 3.38. The Morgan fingerprint density at radius 2 is 2.00 bits per heavy atom. The Balaban J connectivity index is 1.94. The lowest BCUT2D eigenvalue weighted by molar-refractivity contribution is -0.142. The van der Waals surface area contributed by atoms with Crippen LogP contribution in [0.15, 0.2) is 18.3 Å². The summed E-state index contributed by atoms with van der Waals surface area (Å²) < 4.78 is 0. The number of anilines is 1. The van der Waals surface area contributed by atoms with Crippen molar-refractivity contribution in [3.05, 3.63) is 23.9 Å². The molecule has 0 bridgehead atoms. The predicted molar refractivity (Wildman–Crippen MR) is 69.8 cm³/mol. The average molecular weight is 263 g/mol. The average Bonchev–Trinajstić information content (AvgIpc) is 2.39. The molecule has 6 nitrogen and oxygen atoms in total. The number of rotatable bonds is 4. The second-order valence-corrected chi connectivity index (χ2v) is 4.83. The van der Waals surface area contributed by atoms with Crippen LogP contribution in [0.25, 0.3) is 0 Å². The highest BCUT2D eigenvalue weighted by molar-refractivity contribution is 5.93. The molecule has 1 amide bonds. The summed E-state index contributed by atoms with van der Waals surface area (Å²) in [5, 5.41) is 12.2. The van der Waals surface area contributed by atoms with Crippen molar-refractivity contribution in [1.29, 1.82) is 0 Å². The molecular weight excluding hydrogens is 246 g/mol. The molecule has 0 aliphatic heterocycles. The first-order valence-corrected chi connectivity index (χ1v) is 6.31. The van der Waals surface area contributed by atoms with Gasteiger partial charge in [0.2, 0.25) is 5.91 Å². The second kappa shape index (κ2) is 5.69. The lowest BCUT2D eigenvalue weighted by Crippen LogP contribution is -2.29. The third kappa shape index (κ3) is 3.43. The van der Waals surface area contributed by atoms with Gasteiger partial charge in [-0.1, -0.05) is 0 Å². The van der Waals surface area contributed by atoms with E-state index in [0.29, 0.717) is 24.2 Å². The lowest BCUT2D eigenvalue weighted by Gasteiger charge is -2.27. The molecule has 1 aromatic rings. The molecule has 0 atom stereocenters. The third-order valence-electron chi connectivity index (χ3n) is 3.47. The minimum Gasteiger partial charge on any atom is -0.481 e. The van der Waals surface area contributed by atoms with E-state index in [1.54, 1.807) is 12.1 Å². The van der Waals surface area contributed by atoms with E-state index in [-0.39, 0.29) is 12.0 Å². The highest BCUT2D eigenvalue weighted by Gasteiger charge is 2.25. The summed E-state index contributed by atoms with van der Waals surface area (Å²) in [4.78, 5) is 26.1. The van der Waals surface area contributed by atoms with Crippen LogP contribution < -0.4 is 11.1 Å². The number of carboxylic acid groups (broad SMARTS) is 1. The van der Waals surface area contributed by atoms with Crippen molar-refractivity contribution in [3.8, 4) is 0 Å². The van der Waals surface area contributed by atoms with Gasteiger partial charge in [0.25, 0.3) is 0 Å². The Morgan fingerprint density at radius 3 is 2.58 bits per heavy atom. The van der Waals surface area contributed by atoms with Gasteiger partial charge in [-0.3, -0.25) is 9.59 Å². The number of pyridine rings is 1. The number of carbonyl (C=O) groups excluding carboxylic acids is 1. The molecule has 1 fully saturated rings. The molecule has 1 aliphatic rings. The van der Waals surface area contributed by atoms with E-state index < -0.39 is 11.9 Å². The molecule has 0 aromatic carbocycles. The van der Waals surface area contributed by atoms with Gasteiger partial charge >= 0.3 is 5.97 Å². The number of primary amides is 1. The monoisotopic (exact) mass is 263 g/mol. The van der Waals surface area contributed by atoms with Crippen molar-refractivity contribution in [3.63, 3.8) is 0 Å². The zero-order valence-corrected chi connectivity index (χ0v) is 10.5. The van der Waals surface area contributed by atoms with Crippen LogP contribution in [-0.2, 0) is 4.79 Å². The Hall–Kier alpha value is -2.11. The Morgan fingerprint density at radius 1 is 1.32 bits per heavy atom. The Kier molecular flexibility index (Phi) is 3.99. The number of hydrogen-bond acceptors (Lipinski definition) is 4. The topological polar surface area (TPSA) is 105 Å². The Labute approximate surface area is 111 Å². The van der Waals surface area contributed by atoms with Gasteiger partial charge in [-0.05, 0) is 37.8 Å². The van der Waals surface area contributed by atoms with Crippen LogP contribution in [0, 0.1) is 5.92 Å². The number of nitrogens with zero attached hydrogens (tertiary/aromatic N) is 1. The summed E-state index contributed by atoms with van der Waals surface area (Å²) in [5.74, 6) is -0.828. The van der Waals surface area contributed by atoms with Gasteiger partial charge in [0.15, 0.2) is 0 Å². The summed E-state index contributed by atoms with van der Waals surface area (Å²) in [6.45, 7) is 0. The van der Waals surface area contributed by atoms with Gasteiger partial charge in [0.1, 0.15) is 5.82 Å². The summed E-state index contributed by atoms with van der Waals surface area (Å²) in [5.41, 5.74) is 5.62. The van der Waals surface area contributed by atoms with Gasteiger partial charge in [-0.15, -0.1) is 0 Å². The van der Waals surface area contributed by atoms with Crippen molar-refractivity contribution in [2.24, 2.45) is 11.7 Å². The van der Waals surface area contributed by atoms with E-state index in [4.69, 9.17) is 10.8 Å². The molecule has 1 aliphatic carbocycles. The molecule has 1 aromatic heterocycles. The van der Waals surface area contributed by atoms with E-state index in [9.17, 15) is 9.59 Å². The van der Waals surface area contributed by atoms with Crippen molar-refractivity contribution in [1.82, 2.24) is 4.98 Å². The zero-order valence-electron chi connectivity index (χ0n) is 10.5. The molecule has 102 valence electrons. The van der Waals surface area contributed by atoms with Gasteiger partial charge < -0.3 is 16.2 Å². The standard InChI is InChI=1S/C13H17N3O3/c14-12(17)9-5-6-15-11(7-9)16-10-3-1-8(2-4-10)13(18)19/h5-8,10H,1-4H2,(H2,14,17)(H,15,16)(H,18,19). The van der Waals surface area contributed by atoms with E-state index in [0.717, 1.165) is 12.8 Å². The van der Waals surface area contributed by atoms with E-state index in [2.05, 4.69) is 10.3 Å². The van der Waals surface area contributed by atoms with E-state index in [1.807, 2.05) is 0 Å². The van der Waals surface area contributed by atoms with Crippen LogP contribution in [0.3, 0.4) is 0 Å². The minimum absolute atomic E-state index is 0.200. The van der Waals surface area contributed by atoms with Crippen LogP contribution in [0.4, 0.5) is 5.82 Å². The maximum Gasteiger partial charge on any atom is 0.306 e. The van der Waals surface area contributed by atoms with Crippen molar-refractivity contribution >= 4 is 17.7 Å². The van der Waals surface area contributed by atoms with Gasteiger partial charge in [-0.25, -0.2) is 4.98 Å². The third-order valence-corrected chi connectivity index (χ3v) is 3.47. The molecule has 0 spiro atoms. The first-order chi connectivity index (χ1) is 9.06. The number of carboxylic acids is 1. The number of nitrogens with one attached hydrogen (secondary N) is 1. The van der Waals surface area contributed by atoms with Crippen LogP contribution in [0.1, 0.15) is 36.0 Å². The van der Waals surface area contributed by atoms with Gasteiger partial charge in [0, 0.05) is 17.8 Å². The molecule has 4 N–H and O–H groups in total. The molecule has 2 rings (SSSR count). The van der Waals surface area contributed by atoms with E-state index >= 15 is 0 Å². The fourth-order valence-electron chi connectivity index (χ4n) is 2.36. The molecular formula is C13H17N3O3. The van der Waals surface area contributed by atoms with Gasteiger partial charge in [0.05, 0.1) is 5.92 Å². The van der Waals surface area contributed by atoms with Crippen LogP contribution in [0.5, 0.6) is 0 Å². The molecule has 19 heavy (non-hydrogen) atoms. The maximum absolute atomic E-state index is 11.1. The number of carbonyl (C=O) groups is 2. The van der Waals surface area contributed by atoms with Crippen molar-refractivity contribution in [2.45, 2.75) is 31.7 Å². The molecule has 0 saturated heterocycles. The van der Waals surface area contributed by atoms with Crippen LogP contribution >= 0.6 is 0 Å². The highest BCUT2D eigenvalue weighted by Crippen LogP contribution is 2.26. The van der Waals surface area contributed by atoms with Crippen molar-refractivity contribution in [2.75, 3.05) is 5.32 Å². The highest BCUT2D eigenvalue weighted by atomic mass is 16.4. The number of aromatic nitrogens is 1. The fourth-order valence-corrected chi connectivity index (χ4v) is 2.36. The molecule has 1 saturated carbocycles. The first kappa shape index (κ1) is 13.3. The molecule has 0 radical (unpaired) electrons. The largest absolute Gasteiger partial charge is 0.481 e. The summed E-state index contributed by atoms with van der Waals surface area (Å²) >= 11 is 0. The minimum atomic E-state index is -0.715. The maximum atomic E-state index is 11.1. The predicted octanol–water partition coefficient (Wildman–Crippen LogP) is 1.24. The number of hydrogen-bond donors (Lipinski definition) is 3. The van der Waals surface area contributed by atoms with Gasteiger partial charge in [-0.2, -0.15) is 0 Å². The molecule has 1 heterocycles. The summed E-state index contributed by atoms with van der Waals surface area (Å²) in [7, 11) is 0. The fraction of sp³-hybridized carbons (Fsp3) is 0.462. The van der Waals surface area contributed by atoms with Crippen molar-refractivity contribution < 1.29 is 14.7 Å².